The van der Waals surface area contributed by atoms with E-state index in [0.29, 0.717) is 6.04 Å². The Kier molecular flexibility index (Phi) is 4.58. The molecule has 2 N–H and O–H groups in total. The third-order valence-electron chi connectivity index (χ3n) is 2.62. The number of nitrogens with one attached hydrogen (secondary N) is 1. The molecule has 82 valence electrons. The Labute approximate surface area is 86.8 Å². The number of likely N-dealkylation sites (N-methyl/N-ethyl adjacent to an activating group) is 1. The van der Waals surface area contributed by atoms with Gasteiger partial charge in [0, 0.05) is 25.7 Å². The molecule has 3 nitrogen and oxygen atoms in total. The highest BCUT2D eigenvalue weighted by Gasteiger charge is 2.23. The molecular weight excluding hydrogens is 176 g/mol. The van der Waals surface area contributed by atoms with Crippen molar-refractivity contribution in [3.8, 4) is 0 Å². The van der Waals surface area contributed by atoms with Crippen molar-refractivity contribution in [2.45, 2.75) is 32.4 Å². The number of hydrogen-bond acceptors (Lipinski definition) is 3. The summed E-state index contributed by atoms with van der Waals surface area (Å²) in [6.07, 6.45) is 0.732. The molecule has 1 fully saturated rings. The maximum Gasteiger partial charge on any atom is 0.0680 e. The highest BCUT2D eigenvalue weighted by Crippen LogP contribution is 2.08. The molecule has 0 amide bonds. The first kappa shape index (κ1) is 11.7. The summed E-state index contributed by atoms with van der Waals surface area (Å²) in [5, 5.41) is 12.7. The summed E-state index contributed by atoms with van der Waals surface area (Å²) in [5.74, 6) is 0. The van der Waals surface area contributed by atoms with E-state index in [1.165, 1.54) is 5.57 Å². The molecule has 2 unspecified atom stereocenters. The molecule has 0 aromatic rings. The molecule has 0 radical (unpaired) electrons. The molecule has 0 spiro atoms. The molecule has 1 saturated heterocycles. The standard InChI is InChI=1S/C11H22N2O/c1-4-13(7-9(2)3)8-10-5-11(14)6-12-10/h10-12,14H,2,4-8H2,1,3H3. The first-order chi connectivity index (χ1) is 6.61. The van der Waals surface area contributed by atoms with E-state index in [9.17, 15) is 5.11 Å². The number of nitrogens with zero attached hydrogens (tertiary/aromatic N) is 1. The van der Waals surface area contributed by atoms with Crippen molar-refractivity contribution in [2.24, 2.45) is 0 Å². The van der Waals surface area contributed by atoms with Crippen molar-refractivity contribution in [1.29, 1.82) is 0 Å². The molecule has 14 heavy (non-hydrogen) atoms. The van der Waals surface area contributed by atoms with Gasteiger partial charge in [-0.1, -0.05) is 19.1 Å². The van der Waals surface area contributed by atoms with Crippen LogP contribution in [0.1, 0.15) is 20.3 Å². The Morgan fingerprint density at radius 2 is 2.36 bits per heavy atom. The quantitative estimate of drug-likeness (QED) is 0.635. The second-order valence-corrected chi connectivity index (χ2v) is 4.28. The second-order valence-electron chi connectivity index (χ2n) is 4.28. The van der Waals surface area contributed by atoms with E-state index in [4.69, 9.17) is 0 Å². The molecular formula is C11H22N2O. The van der Waals surface area contributed by atoms with Crippen molar-refractivity contribution < 1.29 is 5.11 Å². The van der Waals surface area contributed by atoms with E-state index in [0.717, 1.165) is 32.6 Å². The molecule has 0 aromatic heterocycles. The predicted molar refractivity (Wildman–Crippen MR) is 59.3 cm³/mol. The number of aliphatic hydroxyl groups excluding tert-OH is 1. The molecule has 1 heterocycles. The number of hydrogen-bond donors (Lipinski definition) is 2. The van der Waals surface area contributed by atoms with E-state index in [-0.39, 0.29) is 6.10 Å². The van der Waals surface area contributed by atoms with Gasteiger partial charge >= 0.3 is 0 Å². The summed E-state index contributed by atoms with van der Waals surface area (Å²) >= 11 is 0. The van der Waals surface area contributed by atoms with Crippen molar-refractivity contribution in [3.63, 3.8) is 0 Å². The minimum Gasteiger partial charge on any atom is -0.392 e. The molecule has 0 bridgehead atoms. The van der Waals surface area contributed by atoms with Crippen LogP contribution in [0.3, 0.4) is 0 Å². The molecule has 3 heteroatoms. The van der Waals surface area contributed by atoms with Gasteiger partial charge < -0.3 is 10.4 Å². The lowest BCUT2D eigenvalue weighted by Gasteiger charge is -2.24. The van der Waals surface area contributed by atoms with Gasteiger partial charge in [0.25, 0.3) is 0 Å². The topological polar surface area (TPSA) is 35.5 Å². The molecule has 1 aliphatic heterocycles. The summed E-state index contributed by atoms with van der Waals surface area (Å²) in [7, 11) is 0. The van der Waals surface area contributed by atoms with E-state index in [2.05, 4.69) is 30.6 Å². The van der Waals surface area contributed by atoms with Crippen LogP contribution in [0.25, 0.3) is 0 Å². The Morgan fingerprint density at radius 3 is 2.79 bits per heavy atom. The molecule has 0 saturated carbocycles. The van der Waals surface area contributed by atoms with Gasteiger partial charge in [0.15, 0.2) is 0 Å². The first-order valence-corrected chi connectivity index (χ1v) is 5.40. The van der Waals surface area contributed by atoms with Gasteiger partial charge in [-0.05, 0) is 19.9 Å². The summed E-state index contributed by atoms with van der Waals surface area (Å²) < 4.78 is 0. The lowest BCUT2D eigenvalue weighted by molar-refractivity contribution is 0.188. The average molecular weight is 198 g/mol. The van der Waals surface area contributed by atoms with E-state index < -0.39 is 0 Å². The van der Waals surface area contributed by atoms with Gasteiger partial charge in [-0.3, -0.25) is 4.90 Å². The zero-order valence-electron chi connectivity index (χ0n) is 9.29. The van der Waals surface area contributed by atoms with Gasteiger partial charge in [0.2, 0.25) is 0 Å². The number of β-amino-alcohol motifs (C(OH)–C–C–N with tert-alkyl or cyclic N) is 1. The molecule has 1 rings (SSSR count). The highest BCUT2D eigenvalue weighted by atomic mass is 16.3. The molecule has 0 aromatic carbocycles. The third-order valence-corrected chi connectivity index (χ3v) is 2.62. The largest absolute Gasteiger partial charge is 0.392 e. The summed E-state index contributed by atoms with van der Waals surface area (Å²) in [4.78, 5) is 2.36. The van der Waals surface area contributed by atoms with Crippen molar-refractivity contribution in [3.05, 3.63) is 12.2 Å². The minimum atomic E-state index is -0.150. The van der Waals surface area contributed by atoms with Crippen molar-refractivity contribution >= 4 is 0 Å². The summed E-state index contributed by atoms with van der Waals surface area (Å²) in [6, 6.07) is 0.448. The van der Waals surface area contributed by atoms with E-state index in [1.54, 1.807) is 0 Å². The van der Waals surface area contributed by atoms with Gasteiger partial charge in [0.05, 0.1) is 6.10 Å². The molecule has 2 atom stereocenters. The number of aliphatic hydroxyl groups is 1. The van der Waals surface area contributed by atoms with Crippen LogP contribution in [-0.2, 0) is 0 Å². The van der Waals surface area contributed by atoms with Crippen LogP contribution in [0, 0.1) is 0 Å². The number of rotatable bonds is 5. The monoisotopic (exact) mass is 198 g/mol. The van der Waals surface area contributed by atoms with Crippen LogP contribution in [0.15, 0.2) is 12.2 Å². The van der Waals surface area contributed by atoms with Crippen LogP contribution >= 0.6 is 0 Å². The zero-order valence-corrected chi connectivity index (χ0v) is 9.29. The van der Waals surface area contributed by atoms with Crippen molar-refractivity contribution in [2.75, 3.05) is 26.2 Å². The average Bonchev–Trinajstić information content (AvgIpc) is 2.49. The summed E-state index contributed by atoms with van der Waals surface area (Å²) in [5.41, 5.74) is 1.20. The van der Waals surface area contributed by atoms with Gasteiger partial charge in [-0.2, -0.15) is 0 Å². The predicted octanol–water partition coefficient (Wildman–Crippen LogP) is 0.607. The zero-order chi connectivity index (χ0) is 10.6. The van der Waals surface area contributed by atoms with Crippen molar-refractivity contribution in [1.82, 2.24) is 10.2 Å². The maximum atomic E-state index is 9.37. The second kappa shape index (κ2) is 5.49. The Hall–Kier alpha value is -0.380. The SMILES string of the molecule is C=C(C)CN(CC)CC1CC(O)CN1. The Bertz CT molecular complexity index is 194. The van der Waals surface area contributed by atoms with Crippen LogP contribution in [0.5, 0.6) is 0 Å². The van der Waals surface area contributed by atoms with Gasteiger partial charge in [0.1, 0.15) is 0 Å². The fourth-order valence-corrected chi connectivity index (χ4v) is 1.94. The lowest BCUT2D eigenvalue weighted by Crippen LogP contribution is -2.38. The van der Waals surface area contributed by atoms with E-state index >= 15 is 0 Å². The van der Waals surface area contributed by atoms with Crippen LogP contribution < -0.4 is 5.32 Å². The Morgan fingerprint density at radius 1 is 1.64 bits per heavy atom. The van der Waals surface area contributed by atoms with Gasteiger partial charge in [-0.25, -0.2) is 0 Å². The highest BCUT2D eigenvalue weighted by molar-refractivity contribution is 4.93. The van der Waals surface area contributed by atoms with Crippen LogP contribution in [0.4, 0.5) is 0 Å². The third kappa shape index (κ3) is 3.78. The van der Waals surface area contributed by atoms with Crippen LogP contribution in [0.2, 0.25) is 0 Å². The fourth-order valence-electron chi connectivity index (χ4n) is 1.94. The fraction of sp³-hybridized carbons (Fsp3) is 0.818. The van der Waals surface area contributed by atoms with E-state index in [1.807, 2.05) is 0 Å². The normalized spacial score (nSPS) is 27.1. The Balaban J connectivity index is 2.29. The lowest BCUT2D eigenvalue weighted by atomic mass is 10.2. The van der Waals surface area contributed by atoms with Gasteiger partial charge in [-0.15, -0.1) is 0 Å². The summed E-state index contributed by atoms with van der Waals surface area (Å²) in [6.45, 7) is 11.9. The first-order valence-electron chi connectivity index (χ1n) is 5.40. The molecule has 0 aliphatic carbocycles. The maximum absolute atomic E-state index is 9.37. The molecule has 1 aliphatic rings. The smallest absolute Gasteiger partial charge is 0.0680 e. The minimum absolute atomic E-state index is 0.150. The van der Waals surface area contributed by atoms with Crippen LogP contribution in [-0.4, -0.2) is 48.3 Å².